The number of ether oxygens (including phenoxy) is 2. The van der Waals surface area contributed by atoms with Crippen molar-refractivity contribution in [1.29, 1.82) is 0 Å². The summed E-state index contributed by atoms with van der Waals surface area (Å²) in [6.45, 7) is 0.143. The number of nitrogens with one attached hydrogen (secondary N) is 3. The molecule has 0 bridgehead atoms. The Kier molecular flexibility index (Phi) is 6.70. The first kappa shape index (κ1) is 23.5. The van der Waals surface area contributed by atoms with Crippen molar-refractivity contribution in [3.05, 3.63) is 89.5 Å². The molecule has 5 rings (SSSR count). The van der Waals surface area contributed by atoms with Crippen molar-refractivity contribution in [2.75, 3.05) is 13.3 Å². The summed E-state index contributed by atoms with van der Waals surface area (Å²) in [6, 6.07) is 21.0. The summed E-state index contributed by atoms with van der Waals surface area (Å²) >= 11 is 0. The van der Waals surface area contributed by atoms with Crippen LogP contribution in [0.4, 0.5) is 0 Å². The Morgan fingerprint density at radius 3 is 2.41 bits per heavy atom. The van der Waals surface area contributed by atoms with Gasteiger partial charge < -0.3 is 14.8 Å². The van der Waals surface area contributed by atoms with E-state index in [2.05, 4.69) is 31.6 Å². The fourth-order valence-corrected chi connectivity index (χ4v) is 3.48. The van der Waals surface area contributed by atoms with Gasteiger partial charge >= 0.3 is 0 Å². The Labute approximate surface area is 210 Å². The summed E-state index contributed by atoms with van der Waals surface area (Å²) in [7, 11) is 0. The number of hydrazine groups is 1. The Balaban J connectivity index is 1.07. The molecule has 0 saturated heterocycles. The minimum Gasteiger partial charge on any atom is -0.454 e. The highest BCUT2D eigenvalue weighted by molar-refractivity contribution is 5.98. The molecule has 2 heterocycles. The summed E-state index contributed by atoms with van der Waals surface area (Å²) in [5, 5.41) is 15.0. The first-order chi connectivity index (χ1) is 18.0. The summed E-state index contributed by atoms with van der Waals surface area (Å²) in [5.74, 6) is -0.0208. The maximum atomic E-state index is 12.4. The molecule has 1 aromatic heterocycles. The van der Waals surface area contributed by atoms with E-state index in [1.807, 2.05) is 30.3 Å². The third kappa shape index (κ3) is 5.70. The van der Waals surface area contributed by atoms with Crippen LogP contribution in [-0.4, -0.2) is 51.3 Å². The maximum absolute atomic E-state index is 12.4. The second-order valence-electron chi connectivity index (χ2n) is 7.96. The number of tetrazole rings is 1. The van der Waals surface area contributed by atoms with Crippen molar-refractivity contribution in [1.82, 2.24) is 36.4 Å². The van der Waals surface area contributed by atoms with E-state index < -0.39 is 17.7 Å². The molecule has 0 radical (unpaired) electrons. The molecule has 3 N–H and O–H groups in total. The lowest BCUT2D eigenvalue weighted by Crippen LogP contribution is -2.46. The Morgan fingerprint density at radius 1 is 0.838 bits per heavy atom. The van der Waals surface area contributed by atoms with Gasteiger partial charge in [0.1, 0.15) is 0 Å². The second kappa shape index (κ2) is 10.6. The normalized spacial score (nSPS) is 11.6. The fraction of sp³-hybridized carbons (Fsp3) is 0.120. The monoisotopic (exact) mass is 499 g/mol. The van der Waals surface area contributed by atoms with Gasteiger partial charge in [-0.25, -0.2) is 0 Å². The van der Waals surface area contributed by atoms with Crippen molar-refractivity contribution in [2.45, 2.75) is 6.54 Å². The van der Waals surface area contributed by atoms with Crippen molar-refractivity contribution < 1.29 is 23.9 Å². The van der Waals surface area contributed by atoms with Crippen LogP contribution in [0.5, 0.6) is 11.5 Å². The Bertz CT molecular complexity index is 1440. The third-order valence-corrected chi connectivity index (χ3v) is 5.38. The van der Waals surface area contributed by atoms with E-state index in [4.69, 9.17) is 9.47 Å². The van der Waals surface area contributed by atoms with Crippen LogP contribution < -0.4 is 25.6 Å². The smallest absolute Gasteiger partial charge is 0.269 e. The van der Waals surface area contributed by atoms with Gasteiger partial charge in [0.05, 0.1) is 13.1 Å². The lowest BCUT2D eigenvalue weighted by Gasteiger charge is -2.09. The van der Waals surface area contributed by atoms with Crippen molar-refractivity contribution in [3.63, 3.8) is 0 Å². The van der Waals surface area contributed by atoms with E-state index in [9.17, 15) is 14.4 Å². The van der Waals surface area contributed by atoms with Gasteiger partial charge in [-0.2, -0.15) is 4.80 Å². The average molecular weight is 499 g/mol. The number of fused-ring (bicyclic) bond motifs is 1. The zero-order valence-electron chi connectivity index (χ0n) is 19.4. The number of hydrogen-bond donors (Lipinski definition) is 3. The number of aromatic nitrogens is 4. The molecule has 1 aliphatic rings. The second-order valence-corrected chi connectivity index (χ2v) is 7.96. The van der Waals surface area contributed by atoms with E-state index in [-0.39, 0.29) is 13.3 Å². The average Bonchev–Trinajstić information content (AvgIpc) is 3.60. The molecule has 3 aromatic carbocycles. The van der Waals surface area contributed by atoms with Gasteiger partial charge in [0, 0.05) is 16.7 Å². The zero-order chi connectivity index (χ0) is 25.6. The van der Waals surface area contributed by atoms with Gasteiger partial charge in [-0.15, -0.1) is 10.2 Å². The first-order valence-electron chi connectivity index (χ1n) is 11.2. The minimum atomic E-state index is -0.592. The zero-order valence-corrected chi connectivity index (χ0v) is 19.4. The molecule has 0 unspecified atom stereocenters. The standard InChI is InChI=1S/C25H21N7O5/c33-22(13-26-24(34)19-10-11-20-21(12-19)37-15-36-20)27-29-25(35)18-8-6-16(7-9-18)14-32-30-23(28-31-32)17-4-2-1-3-5-17/h1-12H,13-15H2,(H,26,34)(H,27,33)(H,29,35). The number of rotatable bonds is 7. The number of carbonyl (C=O) groups excluding carboxylic acids is 3. The van der Waals surface area contributed by atoms with Gasteiger partial charge in [0.2, 0.25) is 12.6 Å². The van der Waals surface area contributed by atoms with Gasteiger partial charge in [0.25, 0.3) is 17.7 Å². The van der Waals surface area contributed by atoms with Crippen LogP contribution in [0.25, 0.3) is 11.4 Å². The topological polar surface area (TPSA) is 149 Å². The molecular weight excluding hydrogens is 478 g/mol. The van der Waals surface area contributed by atoms with E-state index in [1.54, 1.807) is 36.4 Å². The van der Waals surface area contributed by atoms with Gasteiger partial charge in [-0.3, -0.25) is 25.2 Å². The molecule has 37 heavy (non-hydrogen) atoms. The molecule has 3 amide bonds. The van der Waals surface area contributed by atoms with Crippen LogP contribution >= 0.6 is 0 Å². The van der Waals surface area contributed by atoms with Crippen LogP contribution in [0.15, 0.2) is 72.8 Å². The maximum Gasteiger partial charge on any atom is 0.269 e. The number of hydrogen-bond acceptors (Lipinski definition) is 8. The lowest BCUT2D eigenvalue weighted by molar-refractivity contribution is -0.120. The van der Waals surface area contributed by atoms with Crippen molar-refractivity contribution in [2.24, 2.45) is 0 Å². The number of benzene rings is 3. The van der Waals surface area contributed by atoms with Crippen LogP contribution in [-0.2, 0) is 11.3 Å². The van der Waals surface area contributed by atoms with Gasteiger partial charge in [-0.05, 0) is 41.1 Å². The molecule has 1 aliphatic heterocycles. The molecular formula is C25H21N7O5. The van der Waals surface area contributed by atoms with Gasteiger partial charge in [0.15, 0.2) is 11.5 Å². The van der Waals surface area contributed by atoms with E-state index in [0.717, 1.165) is 11.1 Å². The van der Waals surface area contributed by atoms with Crippen molar-refractivity contribution in [3.8, 4) is 22.9 Å². The number of nitrogens with zero attached hydrogens (tertiary/aromatic N) is 4. The molecule has 0 spiro atoms. The van der Waals surface area contributed by atoms with Crippen LogP contribution in [0.3, 0.4) is 0 Å². The lowest BCUT2D eigenvalue weighted by atomic mass is 10.1. The molecule has 0 aliphatic carbocycles. The first-order valence-corrected chi connectivity index (χ1v) is 11.2. The van der Waals surface area contributed by atoms with Crippen LogP contribution in [0.1, 0.15) is 26.3 Å². The highest BCUT2D eigenvalue weighted by atomic mass is 16.7. The molecule has 0 fully saturated rings. The summed E-state index contributed by atoms with van der Waals surface area (Å²) in [5.41, 5.74) is 6.98. The van der Waals surface area contributed by atoms with Gasteiger partial charge in [-0.1, -0.05) is 42.5 Å². The van der Waals surface area contributed by atoms with E-state index >= 15 is 0 Å². The molecule has 12 heteroatoms. The molecule has 0 atom stereocenters. The molecule has 12 nitrogen and oxygen atoms in total. The highest BCUT2D eigenvalue weighted by Gasteiger charge is 2.17. The Morgan fingerprint density at radius 2 is 1.59 bits per heavy atom. The van der Waals surface area contributed by atoms with Crippen molar-refractivity contribution >= 4 is 17.7 Å². The fourth-order valence-electron chi connectivity index (χ4n) is 3.48. The minimum absolute atomic E-state index is 0.0971. The third-order valence-electron chi connectivity index (χ3n) is 5.38. The van der Waals surface area contributed by atoms with Crippen LogP contribution in [0.2, 0.25) is 0 Å². The largest absolute Gasteiger partial charge is 0.454 e. The summed E-state index contributed by atoms with van der Waals surface area (Å²) in [4.78, 5) is 38.1. The SMILES string of the molecule is O=C(CNC(=O)c1ccc2c(c1)OCO2)NNC(=O)c1ccc(Cn2nnc(-c3ccccc3)n2)cc1. The molecule has 186 valence electrons. The quantitative estimate of drug-likeness (QED) is 0.322. The molecule has 0 saturated carbocycles. The predicted octanol–water partition coefficient (Wildman–Crippen LogP) is 1.31. The Hall–Kier alpha value is -5.26. The predicted molar refractivity (Wildman–Crippen MR) is 129 cm³/mol. The molecule has 4 aromatic rings. The number of amides is 3. The van der Waals surface area contributed by atoms with E-state index in [1.165, 1.54) is 10.9 Å². The number of carbonyl (C=O) groups is 3. The highest BCUT2D eigenvalue weighted by Crippen LogP contribution is 2.32. The summed E-state index contributed by atoms with van der Waals surface area (Å²) < 4.78 is 10.4. The summed E-state index contributed by atoms with van der Waals surface area (Å²) in [6.07, 6.45) is 0. The van der Waals surface area contributed by atoms with Crippen LogP contribution in [0, 0.1) is 0 Å². The van der Waals surface area contributed by atoms with E-state index in [0.29, 0.717) is 35.0 Å².